The summed E-state index contributed by atoms with van der Waals surface area (Å²) in [5, 5.41) is 2.82. The second-order valence-electron chi connectivity index (χ2n) is 4.88. The van der Waals surface area contributed by atoms with Gasteiger partial charge in [0.15, 0.2) is 0 Å². The first-order valence-electron chi connectivity index (χ1n) is 7.08. The van der Waals surface area contributed by atoms with E-state index in [0.717, 1.165) is 5.56 Å². The van der Waals surface area contributed by atoms with E-state index in [4.69, 9.17) is 4.74 Å². The van der Waals surface area contributed by atoms with Gasteiger partial charge in [0.25, 0.3) is 5.91 Å². The number of aromatic nitrogens is 2. The predicted octanol–water partition coefficient (Wildman–Crippen LogP) is 2.13. The lowest BCUT2D eigenvalue weighted by molar-refractivity contribution is 0.0525. The first-order valence-corrected chi connectivity index (χ1v) is 7.08. The average molecular weight is 301 g/mol. The second-order valence-corrected chi connectivity index (χ2v) is 4.88. The van der Waals surface area contributed by atoms with Crippen LogP contribution in [0.5, 0.6) is 0 Å². The summed E-state index contributed by atoms with van der Waals surface area (Å²) in [6.07, 6.45) is 3.34. The molecule has 0 aromatic carbocycles. The number of aryl methyl sites for hydroxylation is 1. The lowest BCUT2D eigenvalue weighted by Crippen LogP contribution is -2.24. The van der Waals surface area contributed by atoms with E-state index in [0.29, 0.717) is 35.7 Å². The summed E-state index contributed by atoms with van der Waals surface area (Å²) >= 11 is 0. The zero-order chi connectivity index (χ0) is 16.1. The Kier molecular flexibility index (Phi) is 4.93. The average Bonchev–Trinajstić information content (AvgIpc) is 2.81. The van der Waals surface area contributed by atoms with Crippen molar-refractivity contribution in [3.05, 3.63) is 52.6 Å². The molecule has 22 heavy (non-hydrogen) atoms. The van der Waals surface area contributed by atoms with Crippen LogP contribution in [0.15, 0.2) is 24.5 Å². The molecule has 116 valence electrons. The van der Waals surface area contributed by atoms with E-state index in [9.17, 15) is 9.59 Å². The quantitative estimate of drug-likeness (QED) is 0.829. The molecule has 0 aliphatic heterocycles. The largest absolute Gasteiger partial charge is 0.462 e. The predicted molar refractivity (Wildman–Crippen MR) is 81.6 cm³/mol. The van der Waals surface area contributed by atoms with Crippen LogP contribution >= 0.6 is 0 Å². The molecule has 2 N–H and O–H groups in total. The van der Waals surface area contributed by atoms with Crippen molar-refractivity contribution in [2.45, 2.75) is 27.3 Å². The summed E-state index contributed by atoms with van der Waals surface area (Å²) in [5.74, 6) is -0.671. The Balaban J connectivity index is 2.13. The van der Waals surface area contributed by atoms with Crippen LogP contribution in [0.4, 0.5) is 0 Å². The molecule has 0 saturated carbocycles. The number of nitrogens with zero attached hydrogens (tertiary/aromatic N) is 1. The third kappa shape index (κ3) is 3.33. The Morgan fingerprint density at radius 1 is 1.27 bits per heavy atom. The van der Waals surface area contributed by atoms with Gasteiger partial charge in [0.2, 0.25) is 0 Å². The van der Waals surface area contributed by atoms with Crippen molar-refractivity contribution in [1.29, 1.82) is 0 Å². The van der Waals surface area contributed by atoms with Crippen molar-refractivity contribution in [3.63, 3.8) is 0 Å². The highest BCUT2D eigenvalue weighted by atomic mass is 16.5. The van der Waals surface area contributed by atoms with Crippen molar-refractivity contribution >= 4 is 11.9 Å². The van der Waals surface area contributed by atoms with Gasteiger partial charge < -0.3 is 15.0 Å². The molecule has 0 radical (unpaired) electrons. The molecular formula is C16H19N3O3. The number of pyridine rings is 1. The molecule has 0 aliphatic rings. The van der Waals surface area contributed by atoms with E-state index < -0.39 is 5.97 Å². The van der Waals surface area contributed by atoms with Gasteiger partial charge in [0.1, 0.15) is 5.69 Å². The maximum absolute atomic E-state index is 12.3. The Morgan fingerprint density at radius 3 is 2.59 bits per heavy atom. The van der Waals surface area contributed by atoms with Gasteiger partial charge in [-0.15, -0.1) is 0 Å². The van der Waals surface area contributed by atoms with Crippen LogP contribution in [-0.2, 0) is 11.3 Å². The van der Waals surface area contributed by atoms with Crippen molar-refractivity contribution in [2.24, 2.45) is 0 Å². The Morgan fingerprint density at radius 2 is 1.95 bits per heavy atom. The van der Waals surface area contributed by atoms with Gasteiger partial charge in [-0.3, -0.25) is 9.78 Å². The number of amides is 1. The van der Waals surface area contributed by atoms with E-state index in [-0.39, 0.29) is 5.91 Å². The van der Waals surface area contributed by atoms with E-state index in [1.807, 2.05) is 12.1 Å². The number of aromatic amines is 1. The van der Waals surface area contributed by atoms with E-state index in [1.54, 1.807) is 33.2 Å². The SMILES string of the molecule is CCOC(=O)c1c(C)[nH]c(C(=O)NCc2ccncc2)c1C. The van der Waals surface area contributed by atoms with Gasteiger partial charge in [-0.05, 0) is 44.0 Å². The summed E-state index contributed by atoms with van der Waals surface area (Å²) in [6.45, 7) is 5.92. The molecule has 2 heterocycles. The molecule has 0 aliphatic carbocycles. The fraction of sp³-hybridized carbons (Fsp3) is 0.312. The van der Waals surface area contributed by atoms with Crippen LogP contribution in [0.25, 0.3) is 0 Å². The molecule has 2 aromatic heterocycles. The first-order chi connectivity index (χ1) is 10.5. The van der Waals surface area contributed by atoms with Crippen LogP contribution in [0, 0.1) is 13.8 Å². The third-order valence-corrected chi connectivity index (χ3v) is 3.35. The fourth-order valence-electron chi connectivity index (χ4n) is 2.26. The van der Waals surface area contributed by atoms with Crippen molar-refractivity contribution < 1.29 is 14.3 Å². The number of hydrogen-bond acceptors (Lipinski definition) is 4. The summed E-state index contributed by atoms with van der Waals surface area (Å²) in [7, 11) is 0. The molecule has 6 heteroatoms. The van der Waals surface area contributed by atoms with Gasteiger partial charge in [-0.25, -0.2) is 4.79 Å². The Bertz CT molecular complexity index is 677. The normalized spacial score (nSPS) is 10.3. The van der Waals surface area contributed by atoms with Gasteiger partial charge in [0.05, 0.1) is 12.2 Å². The van der Waals surface area contributed by atoms with Crippen molar-refractivity contribution in [2.75, 3.05) is 6.61 Å². The number of ether oxygens (including phenoxy) is 1. The second kappa shape index (κ2) is 6.89. The summed E-state index contributed by atoms with van der Waals surface area (Å²) in [4.78, 5) is 31.1. The van der Waals surface area contributed by atoms with E-state index >= 15 is 0 Å². The van der Waals surface area contributed by atoms with Crippen LogP contribution < -0.4 is 5.32 Å². The smallest absolute Gasteiger partial charge is 0.340 e. The van der Waals surface area contributed by atoms with Gasteiger partial charge in [0, 0.05) is 24.6 Å². The summed E-state index contributed by atoms with van der Waals surface area (Å²) in [6, 6.07) is 3.66. The number of esters is 1. The van der Waals surface area contributed by atoms with Gasteiger partial charge in [-0.1, -0.05) is 0 Å². The molecule has 0 spiro atoms. The molecule has 0 unspecified atom stereocenters. The number of carbonyl (C=O) groups is 2. The molecule has 0 saturated heterocycles. The fourth-order valence-corrected chi connectivity index (χ4v) is 2.26. The first kappa shape index (κ1) is 15.8. The van der Waals surface area contributed by atoms with E-state index in [1.165, 1.54) is 0 Å². The van der Waals surface area contributed by atoms with Crippen LogP contribution in [0.2, 0.25) is 0 Å². The van der Waals surface area contributed by atoms with Crippen LogP contribution in [0.1, 0.15) is 44.6 Å². The van der Waals surface area contributed by atoms with Gasteiger partial charge >= 0.3 is 5.97 Å². The molecule has 6 nitrogen and oxygen atoms in total. The number of rotatable bonds is 5. The summed E-state index contributed by atoms with van der Waals surface area (Å²) in [5.41, 5.74) is 2.99. The van der Waals surface area contributed by atoms with Crippen molar-refractivity contribution in [1.82, 2.24) is 15.3 Å². The monoisotopic (exact) mass is 301 g/mol. The Labute approximate surface area is 128 Å². The lowest BCUT2D eigenvalue weighted by atomic mass is 10.1. The standard InChI is InChI=1S/C16H19N3O3/c1-4-22-16(21)13-10(2)14(19-11(13)3)15(20)18-9-12-5-7-17-8-6-12/h5-8,19H,4,9H2,1-3H3,(H,18,20). The van der Waals surface area contributed by atoms with E-state index in [2.05, 4.69) is 15.3 Å². The zero-order valence-electron chi connectivity index (χ0n) is 12.9. The molecule has 0 fully saturated rings. The minimum atomic E-state index is -0.415. The summed E-state index contributed by atoms with van der Waals surface area (Å²) < 4.78 is 5.01. The zero-order valence-corrected chi connectivity index (χ0v) is 12.9. The number of nitrogens with one attached hydrogen (secondary N) is 2. The molecule has 1 amide bonds. The Hall–Kier alpha value is -2.63. The third-order valence-electron chi connectivity index (χ3n) is 3.35. The molecule has 0 bridgehead atoms. The molecule has 2 aromatic rings. The number of hydrogen-bond donors (Lipinski definition) is 2. The van der Waals surface area contributed by atoms with Crippen LogP contribution in [0.3, 0.4) is 0 Å². The molecular weight excluding hydrogens is 282 g/mol. The molecule has 0 atom stereocenters. The highest BCUT2D eigenvalue weighted by Crippen LogP contribution is 2.19. The number of H-pyrrole nitrogens is 1. The van der Waals surface area contributed by atoms with Gasteiger partial charge in [-0.2, -0.15) is 0 Å². The highest BCUT2D eigenvalue weighted by Gasteiger charge is 2.22. The maximum Gasteiger partial charge on any atom is 0.340 e. The molecule has 2 rings (SSSR count). The van der Waals surface area contributed by atoms with Crippen LogP contribution in [-0.4, -0.2) is 28.5 Å². The number of carbonyl (C=O) groups excluding carboxylic acids is 2. The minimum absolute atomic E-state index is 0.257. The maximum atomic E-state index is 12.3. The lowest BCUT2D eigenvalue weighted by Gasteiger charge is -2.05. The highest BCUT2D eigenvalue weighted by molar-refractivity contribution is 6.00. The minimum Gasteiger partial charge on any atom is -0.462 e. The topological polar surface area (TPSA) is 84.1 Å². The van der Waals surface area contributed by atoms with Crippen molar-refractivity contribution in [3.8, 4) is 0 Å².